The smallest absolute Gasteiger partial charge is 0.157 e. The Bertz CT molecular complexity index is 195. The molecule has 2 saturated heterocycles. The van der Waals surface area contributed by atoms with Crippen LogP contribution in [-0.2, 0) is 9.47 Å². The lowest BCUT2D eigenvalue weighted by atomic mass is 10.2. The molecule has 0 radical (unpaired) electrons. The molecule has 0 aromatic rings. The summed E-state index contributed by atoms with van der Waals surface area (Å²) in [6.45, 7) is 8.31. The first-order chi connectivity index (χ1) is 7.84. The Labute approximate surface area is 98.3 Å². The lowest BCUT2D eigenvalue weighted by Gasteiger charge is -2.32. The second kappa shape index (κ2) is 6.55. The maximum atomic E-state index is 5.74. The monoisotopic (exact) mass is 228 g/mol. The van der Waals surface area contributed by atoms with E-state index in [1.54, 1.807) is 0 Å². The average Bonchev–Trinajstić information content (AvgIpc) is 2.30. The molecule has 0 saturated carbocycles. The molecule has 2 atom stereocenters. The van der Waals surface area contributed by atoms with Crippen LogP contribution in [0.1, 0.15) is 26.2 Å². The third-order valence-corrected chi connectivity index (χ3v) is 3.30. The van der Waals surface area contributed by atoms with E-state index in [2.05, 4.69) is 17.1 Å². The Balaban J connectivity index is 1.56. The van der Waals surface area contributed by atoms with Crippen LogP contribution in [0.5, 0.6) is 0 Å². The number of piperazine rings is 1. The number of hydrogen-bond acceptors (Lipinski definition) is 4. The summed E-state index contributed by atoms with van der Waals surface area (Å²) < 4.78 is 11.3. The number of rotatable bonds is 4. The van der Waals surface area contributed by atoms with Gasteiger partial charge in [0.2, 0.25) is 0 Å². The molecule has 2 aliphatic heterocycles. The Morgan fingerprint density at radius 3 is 3.12 bits per heavy atom. The van der Waals surface area contributed by atoms with Crippen molar-refractivity contribution >= 4 is 0 Å². The molecular formula is C12H24N2O2. The predicted molar refractivity (Wildman–Crippen MR) is 63.4 cm³/mol. The van der Waals surface area contributed by atoms with Crippen molar-refractivity contribution in [1.29, 1.82) is 0 Å². The van der Waals surface area contributed by atoms with Crippen LogP contribution < -0.4 is 5.32 Å². The van der Waals surface area contributed by atoms with Crippen molar-refractivity contribution in [1.82, 2.24) is 10.2 Å². The van der Waals surface area contributed by atoms with Crippen molar-refractivity contribution in [3.8, 4) is 0 Å². The van der Waals surface area contributed by atoms with Crippen LogP contribution in [0.2, 0.25) is 0 Å². The fourth-order valence-corrected chi connectivity index (χ4v) is 2.37. The molecule has 94 valence electrons. The molecule has 0 aliphatic carbocycles. The highest BCUT2D eigenvalue weighted by molar-refractivity contribution is 4.74. The second-order valence-corrected chi connectivity index (χ2v) is 4.82. The molecule has 2 heterocycles. The zero-order valence-electron chi connectivity index (χ0n) is 10.3. The van der Waals surface area contributed by atoms with E-state index < -0.39 is 0 Å². The van der Waals surface area contributed by atoms with Crippen LogP contribution in [0, 0.1) is 0 Å². The molecule has 0 bridgehead atoms. The lowest BCUT2D eigenvalue weighted by molar-refractivity contribution is -0.164. The fourth-order valence-electron chi connectivity index (χ4n) is 2.37. The summed E-state index contributed by atoms with van der Waals surface area (Å²) in [6, 6.07) is 0.611. The SMILES string of the molecule is C[C@@H]1CN(CCOC2CCCCO2)CCN1. The molecule has 2 fully saturated rings. The molecule has 1 N–H and O–H groups in total. The summed E-state index contributed by atoms with van der Waals surface area (Å²) in [5.74, 6) is 0. The third-order valence-electron chi connectivity index (χ3n) is 3.30. The van der Waals surface area contributed by atoms with Crippen molar-refractivity contribution in [2.45, 2.75) is 38.5 Å². The van der Waals surface area contributed by atoms with E-state index in [9.17, 15) is 0 Å². The second-order valence-electron chi connectivity index (χ2n) is 4.82. The van der Waals surface area contributed by atoms with Crippen molar-refractivity contribution < 1.29 is 9.47 Å². The van der Waals surface area contributed by atoms with Crippen LogP contribution >= 0.6 is 0 Å². The highest BCUT2D eigenvalue weighted by atomic mass is 16.7. The van der Waals surface area contributed by atoms with E-state index in [1.165, 1.54) is 12.8 Å². The number of ether oxygens (including phenoxy) is 2. The Hall–Kier alpha value is -0.160. The summed E-state index contributed by atoms with van der Waals surface area (Å²) >= 11 is 0. The average molecular weight is 228 g/mol. The molecule has 0 aromatic carbocycles. The number of nitrogens with zero attached hydrogens (tertiary/aromatic N) is 1. The zero-order chi connectivity index (χ0) is 11.2. The van der Waals surface area contributed by atoms with E-state index in [1.807, 2.05) is 0 Å². The molecule has 2 rings (SSSR count). The van der Waals surface area contributed by atoms with E-state index in [0.29, 0.717) is 6.04 Å². The van der Waals surface area contributed by atoms with E-state index in [0.717, 1.165) is 45.8 Å². The molecule has 0 amide bonds. The normalized spacial score (nSPS) is 32.8. The van der Waals surface area contributed by atoms with Crippen molar-refractivity contribution in [2.75, 3.05) is 39.4 Å². The number of hydrogen-bond donors (Lipinski definition) is 1. The highest BCUT2D eigenvalue weighted by Crippen LogP contribution is 2.13. The van der Waals surface area contributed by atoms with E-state index in [4.69, 9.17) is 9.47 Å². The summed E-state index contributed by atoms with van der Waals surface area (Å²) in [5.41, 5.74) is 0. The van der Waals surface area contributed by atoms with Gasteiger partial charge in [-0.15, -0.1) is 0 Å². The van der Waals surface area contributed by atoms with E-state index >= 15 is 0 Å². The molecule has 2 aliphatic rings. The molecule has 0 aromatic heterocycles. The van der Waals surface area contributed by atoms with Gasteiger partial charge in [-0.1, -0.05) is 0 Å². The first-order valence-electron chi connectivity index (χ1n) is 6.53. The van der Waals surface area contributed by atoms with Crippen LogP contribution in [0.4, 0.5) is 0 Å². The van der Waals surface area contributed by atoms with Gasteiger partial charge in [-0.05, 0) is 26.2 Å². The summed E-state index contributed by atoms with van der Waals surface area (Å²) in [7, 11) is 0. The zero-order valence-corrected chi connectivity index (χ0v) is 10.3. The molecule has 1 unspecified atom stereocenters. The largest absolute Gasteiger partial charge is 0.353 e. The Morgan fingerprint density at radius 1 is 1.44 bits per heavy atom. The fraction of sp³-hybridized carbons (Fsp3) is 1.00. The quantitative estimate of drug-likeness (QED) is 0.772. The third kappa shape index (κ3) is 4.01. The van der Waals surface area contributed by atoms with Crippen LogP contribution in [0.15, 0.2) is 0 Å². The minimum Gasteiger partial charge on any atom is -0.353 e. The lowest BCUT2D eigenvalue weighted by Crippen LogP contribution is -2.50. The van der Waals surface area contributed by atoms with Gasteiger partial charge in [0, 0.05) is 38.8 Å². The predicted octanol–water partition coefficient (Wildman–Crippen LogP) is 0.823. The highest BCUT2D eigenvalue weighted by Gasteiger charge is 2.17. The first kappa shape index (κ1) is 12.3. The number of nitrogens with one attached hydrogen (secondary N) is 1. The van der Waals surface area contributed by atoms with Gasteiger partial charge in [-0.2, -0.15) is 0 Å². The molecule has 0 spiro atoms. The van der Waals surface area contributed by atoms with Gasteiger partial charge < -0.3 is 14.8 Å². The van der Waals surface area contributed by atoms with Gasteiger partial charge in [0.1, 0.15) is 0 Å². The minimum absolute atomic E-state index is 0.0640. The summed E-state index contributed by atoms with van der Waals surface area (Å²) in [5, 5.41) is 3.44. The van der Waals surface area contributed by atoms with Gasteiger partial charge in [-0.25, -0.2) is 0 Å². The molecular weight excluding hydrogens is 204 g/mol. The minimum atomic E-state index is 0.0640. The van der Waals surface area contributed by atoms with Gasteiger partial charge in [-0.3, -0.25) is 4.90 Å². The standard InChI is InChI=1S/C12H24N2O2/c1-11-10-14(6-5-13-11)7-9-16-12-4-2-3-8-15-12/h11-13H,2-10H2,1H3/t11-,12?/m1/s1. The van der Waals surface area contributed by atoms with Gasteiger partial charge in [0.25, 0.3) is 0 Å². The van der Waals surface area contributed by atoms with Gasteiger partial charge >= 0.3 is 0 Å². The summed E-state index contributed by atoms with van der Waals surface area (Å²) in [6.07, 6.45) is 3.57. The Morgan fingerprint density at radius 2 is 2.38 bits per heavy atom. The Kier molecular flexibility index (Phi) is 5.03. The topological polar surface area (TPSA) is 33.7 Å². The van der Waals surface area contributed by atoms with Crippen molar-refractivity contribution in [2.24, 2.45) is 0 Å². The molecule has 4 nitrogen and oxygen atoms in total. The van der Waals surface area contributed by atoms with Crippen molar-refractivity contribution in [3.63, 3.8) is 0 Å². The van der Waals surface area contributed by atoms with Gasteiger partial charge in [0.05, 0.1) is 6.61 Å². The van der Waals surface area contributed by atoms with Gasteiger partial charge in [0.15, 0.2) is 6.29 Å². The molecule has 16 heavy (non-hydrogen) atoms. The van der Waals surface area contributed by atoms with E-state index in [-0.39, 0.29) is 6.29 Å². The summed E-state index contributed by atoms with van der Waals surface area (Å²) in [4.78, 5) is 2.46. The van der Waals surface area contributed by atoms with Crippen LogP contribution in [0.25, 0.3) is 0 Å². The van der Waals surface area contributed by atoms with Crippen LogP contribution in [-0.4, -0.2) is 56.6 Å². The maximum Gasteiger partial charge on any atom is 0.157 e. The van der Waals surface area contributed by atoms with Crippen LogP contribution in [0.3, 0.4) is 0 Å². The van der Waals surface area contributed by atoms with Crippen molar-refractivity contribution in [3.05, 3.63) is 0 Å². The molecule has 4 heteroatoms. The maximum absolute atomic E-state index is 5.74. The first-order valence-corrected chi connectivity index (χ1v) is 6.53.